The van der Waals surface area contributed by atoms with Gasteiger partial charge in [0.1, 0.15) is 5.82 Å². The number of carbonyl (C=O) groups is 1. The molecule has 1 amide bonds. The highest BCUT2D eigenvalue weighted by atomic mass is 19.4. The Morgan fingerprint density at radius 2 is 2.12 bits per heavy atom. The number of fused-ring (bicyclic) bond motifs is 1. The molecule has 1 atom stereocenters. The van der Waals surface area contributed by atoms with Crippen molar-refractivity contribution in [3.63, 3.8) is 0 Å². The van der Waals surface area contributed by atoms with Crippen molar-refractivity contribution in [2.24, 2.45) is 5.92 Å². The first-order valence-corrected chi connectivity index (χ1v) is 7.52. The Morgan fingerprint density at radius 1 is 1.38 bits per heavy atom. The standard InChI is InChI=1S/C16H16F3N3O2/c1-9-20-11-7-6-10(8-13(11)21-9)15(23)22-12-4-2-3-5-14(12)24-16(17,18)19/h2-5,10H,6-8H2,1H3,(H,20,21)(H,22,23). The quantitative estimate of drug-likeness (QED) is 0.901. The minimum Gasteiger partial charge on any atom is -0.404 e. The maximum absolute atomic E-state index is 12.4. The van der Waals surface area contributed by atoms with Gasteiger partial charge in [0.05, 0.1) is 11.4 Å². The predicted molar refractivity (Wildman–Crippen MR) is 80.6 cm³/mol. The van der Waals surface area contributed by atoms with E-state index < -0.39 is 12.1 Å². The first-order chi connectivity index (χ1) is 11.3. The number of rotatable bonds is 3. The van der Waals surface area contributed by atoms with Gasteiger partial charge in [-0.2, -0.15) is 0 Å². The highest BCUT2D eigenvalue weighted by Crippen LogP contribution is 2.31. The van der Waals surface area contributed by atoms with E-state index in [4.69, 9.17) is 0 Å². The smallest absolute Gasteiger partial charge is 0.404 e. The van der Waals surface area contributed by atoms with Gasteiger partial charge in [0.25, 0.3) is 0 Å². The summed E-state index contributed by atoms with van der Waals surface area (Å²) in [5.74, 6) is -0.278. The minimum atomic E-state index is -4.81. The summed E-state index contributed by atoms with van der Waals surface area (Å²) in [5, 5.41) is 2.54. The summed E-state index contributed by atoms with van der Waals surface area (Å²) < 4.78 is 41.3. The molecule has 128 valence electrons. The lowest BCUT2D eigenvalue weighted by atomic mass is 9.89. The van der Waals surface area contributed by atoms with Gasteiger partial charge in [-0.25, -0.2) is 4.98 Å². The SMILES string of the molecule is Cc1nc2c([nH]1)CC(C(=O)Nc1ccccc1OC(F)(F)F)CC2. The number of alkyl halides is 3. The molecule has 1 unspecified atom stereocenters. The number of H-pyrrole nitrogens is 1. The fourth-order valence-corrected chi connectivity index (χ4v) is 2.87. The largest absolute Gasteiger partial charge is 0.573 e. The monoisotopic (exact) mass is 339 g/mol. The molecule has 0 saturated carbocycles. The first kappa shape index (κ1) is 16.4. The second kappa shape index (κ2) is 6.18. The molecule has 1 aromatic carbocycles. The van der Waals surface area contributed by atoms with Crippen LogP contribution in [0.25, 0.3) is 0 Å². The average molecular weight is 339 g/mol. The molecule has 2 N–H and O–H groups in total. The van der Waals surface area contributed by atoms with Gasteiger partial charge in [0.15, 0.2) is 5.75 Å². The van der Waals surface area contributed by atoms with Crippen LogP contribution in [0, 0.1) is 12.8 Å². The van der Waals surface area contributed by atoms with E-state index in [0.717, 1.165) is 17.2 Å². The van der Waals surface area contributed by atoms with Gasteiger partial charge in [-0.15, -0.1) is 13.2 Å². The molecule has 5 nitrogen and oxygen atoms in total. The van der Waals surface area contributed by atoms with Crippen LogP contribution >= 0.6 is 0 Å². The van der Waals surface area contributed by atoms with E-state index >= 15 is 0 Å². The number of aromatic amines is 1. The topological polar surface area (TPSA) is 67.0 Å². The fraction of sp³-hybridized carbons (Fsp3) is 0.375. The number of imidazole rings is 1. The summed E-state index contributed by atoms with van der Waals surface area (Å²) in [4.78, 5) is 19.9. The van der Waals surface area contributed by atoms with Crippen LogP contribution in [0.3, 0.4) is 0 Å². The summed E-state index contributed by atoms with van der Waals surface area (Å²) in [5.41, 5.74) is 1.88. The normalized spacial score (nSPS) is 17.2. The van der Waals surface area contributed by atoms with Crippen LogP contribution in [0.5, 0.6) is 5.75 Å². The number of hydrogen-bond donors (Lipinski definition) is 2. The fourth-order valence-electron chi connectivity index (χ4n) is 2.87. The van der Waals surface area contributed by atoms with Crippen LogP contribution in [0.1, 0.15) is 23.6 Å². The van der Waals surface area contributed by atoms with Crippen molar-refractivity contribution in [3.8, 4) is 5.75 Å². The number of halogens is 3. The Hall–Kier alpha value is -2.51. The number of aromatic nitrogens is 2. The zero-order chi connectivity index (χ0) is 17.3. The number of carbonyl (C=O) groups excluding carboxylic acids is 1. The molecule has 24 heavy (non-hydrogen) atoms. The molecule has 1 aromatic heterocycles. The molecule has 0 radical (unpaired) electrons. The lowest BCUT2D eigenvalue weighted by Gasteiger charge is -2.21. The number of ether oxygens (including phenoxy) is 1. The number of amides is 1. The molecule has 1 aliphatic carbocycles. The van der Waals surface area contributed by atoms with Crippen LogP contribution < -0.4 is 10.1 Å². The van der Waals surface area contributed by atoms with Crippen LogP contribution in [-0.4, -0.2) is 22.2 Å². The van der Waals surface area contributed by atoms with E-state index in [-0.39, 0.29) is 17.5 Å². The molecule has 1 heterocycles. The molecule has 0 fully saturated rings. The number of aryl methyl sites for hydroxylation is 2. The van der Waals surface area contributed by atoms with E-state index in [0.29, 0.717) is 19.3 Å². The van der Waals surface area contributed by atoms with Crippen molar-refractivity contribution < 1.29 is 22.7 Å². The van der Waals surface area contributed by atoms with Crippen molar-refractivity contribution in [2.45, 2.75) is 32.5 Å². The highest BCUT2D eigenvalue weighted by molar-refractivity contribution is 5.94. The molecule has 0 saturated heterocycles. The van der Waals surface area contributed by atoms with Gasteiger partial charge in [0.2, 0.25) is 5.91 Å². The van der Waals surface area contributed by atoms with Crippen molar-refractivity contribution in [3.05, 3.63) is 41.5 Å². The lowest BCUT2D eigenvalue weighted by molar-refractivity contribution is -0.274. The summed E-state index contributed by atoms with van der Waals surface area (Å²) in [6.07, 6.45) is -3.05. The van der Waals surface area contributed by atoms with Crippen LogP contribution in [0.4, 0.5) is 18.9 Å². The molecular weight excluding hydrogens is 323 g/mol. The zero-order valence-electron chi connectivity index (χ0n) is 12.9. The van der Waals surface area contributed by atoms with Crippen LogP contribution in [0.15, 0.2) is 24.3 Å². The Labute approximate surface area is 136 Å². The Balaban J connectivity index is 1.72. The predicted octanol–water partition coefficient (Wildman–Crippen LogP) is 3.36. The van der Waals surface area contributed by atoms with Gasteiger partial charge in [0, 0.05) is 18.0 Å². The van der Waals surface area contributed by atoms with E-state index in [9.17, 15) is 18.0 Å². The third-order valence-corrected chi connectivity index (χ3v) is 3.90. The van der Waals surface area contributed by atoms with E-state index in [1.165, 1.54) is 24.3 Å². The molecule has 8 heteroatoms. The van der Waals surface area contributed by atoms with Crippen LogP contribution in [0.2, 0.25) is 0 Å². The minimum absolute atomic E-state index is 0.00594. The summed E-state index contributed by atoms with van der Waals surface area (Å²) in [6, 6.07) is 5.50. The number of nitrogens with zero attached hydrogens (tertiary/aromatic N) is 1. The number of hydrogen-bond acceptors (Lipinski definition) is 3. The van der Waals surface area contributed by atoms with Crippen LogP contribution in [-0.2, 0) is 17.6 Å². The maximum atomic E-state index is 12.4. The molecule has 3 rings (SSSR count). The molecule has 0 spiro atoms. The van der Waals surface area contributed by atoms with Gasteiger partial charge in [-0.1, -0.05) is 12.1 Å². The van der Waals surface area contributed by atoms with Crippen molar-refractivity contribution in [1.29, 1.82) is 0 Å². The number of para-hydroxylation sites is 2. The zero-order valence-corrected chi connectivity index (χ0v) is 12.9. The number of benzene rings is 1. The van der Waals surface area contributed by atoms with E-state index in [2.05, 4.69) is 20.0 Å². The third-order valence-electron chi connectivity index (χ3n) is 3.90. The lowest BCUT2D eigenvalue weighted by Crippen LogP contribution is -2.28. The average Bonchev–Trinajstić information content (AvgIpc) is 2.86. The van der Waals surface area contributed by atoms with Crippen molar-refractivity contribution in [2.75, 3.05) is 5.32 Å². The highest BCUT2D eigenvalue weighted by Gasteiger charge is 2.33. The maximum Gasteiger partial charge on any atom is 0.573 e. The van der Waals surface area contributed by atoms with Gasteiger partial charge in [-0.3, -0.25) is 4.79 Å². The summed E-state index contributed by atoms with van der Waals surface area (Å²) >= 11 is 0. The second-order valence-corrected chi connectivity index (χ2v) is 5.72. The summed E-state index contributed by atoms with van der Waals surface area (Å²) in [7, 11) is 0. The first-order valence-electron chi connectivity index (χ1n) is 7.52. The molecule has 0 aliphatic heterocycles. The molecule has 0 bridgehead atoms. The Morgan fingerprint density at radius 3 is 2.88 bits per heavy atom. The Bertz CT molecular complexity index is 755. The van der Waals surface area contributed by atoms with Gasteiger partial charge >= 0.3 is 6.36 Å². The Kier molecular flexibility index (Phi) is 4.21. The second-order valence-electron chi connectivity index (χ2n) is 5.72. The summed E-state index contributed by atoms with van der Waals surface area (Å²) in [6.45, 7) is 1.85. The number of nitrogens with one attached hydrogen (secondary N) is 2. The molecule has 1 aliphatic rings. The number of anilines is 1. The van der Waals surface area contributed by atoms with E-state index in [1.807, 2.05) is 6.92 Å². The van der Waals surface area contributed by atoms with Crippen molar-refractivity contribution >= 4 is 11.6 Å². The molecular formula is C16H16F3N3O2. The third kappa shape index (κ3) is 3.69. The van der Waals surface area contributed by atoms with Gasteiger partial charge in [-0.05, 0) is 31.9 Å². The van der Waals surface area contributed by atoms with Gasteiger partial charge < -0.3 is 15.0 Å². The van der Waals surface area contributed by atoms with Crippen molar-refractivity contribution in [1.82, 2.24) is 9.97 Å². The van der Waals surface area contributed by atoms with E-state index in [1.54, 1.807) is 0 Å². The molecule has 2 aromatic rings.